The van der Waals surface area contributed by atoms with Crippen LogP contribution in [0.15, 0.2) is 71.3 Å². The number of rotatable bonds is 6. The Bertz CT molecular complexity index is 1310. The number of alkyl halides is 3. The Hall–Kier alpha value is -3.92. The average molecular weight is 485 g/mol. The Morgan fingerprint density at radius 2 is 1.79 bits per heavy atom. The zero-order valence-electron chi connectivity index (χ0n) is 17.8. The first-order valence-corrected chi connectivity index (χ1v) is 10.9. The number of hydrogen-bond donors (Lipinski definition) is 2. The maximum absolute atomic E-state index is 12.8. The molecule has 0 unspecified atom stereocenters. The molecule has 0 aliphatic heterocycles. The number of aromatic nitrogens is 1. The van der Waals surface area contributed by atoms with Gasteiger partial charge in [-0.1, -0.05) is 24.3 Å². The molecule has 0 radical (unpaired) electrons. The highest BCUT2D eigenvalue weighted by Crippen LogP contribution is 2.33. The van der Waals surface area contributed by atoms with E-state index in [-0.39, 0.29) is 24.1 Å². The van der Waals surface area contributed by atoms with Crippen LogP contribution in [0.1, 0.15) is 37.0 Å². The van der Waals surface area contributed by atoms with Crippen molar-refractivity contribution in [3.63, 3.8) is 0 Å². The fraction of sp³-hybridized carbons (Fsp3) is 0.125. The van der Waals surface area contributed by atoms with Crippen molar-refractivity contribution < 1.29 is 27.2 Å². The Labute approximate surface area is 196 Å². The van der Waals surface area contributed by atoms with Gasteiger partial charge in [0.2, 0.25) is 0 Å². The van der Waals surface area contributed by atoms with Crippen LogP contribution in [-0.4, -0.2) is 16.8 Å². The van der Waals surface area contributed by atoms with Crippen molar-refractivity contribution in [1.82, 2.24) is 10.3 Å². The molecular formula is C24H18F3N3O3S. The SMILES string of the molecule is Cc1nc(-c2ccc(C(F)(F)F)cc2)sc1C(=O)NCc1cccc(NC(=O)c2ccco2)c1. The van der Waals surface area contributed by atoms with Gasteiger partial charge in [0, 0.05) is 17.8 Å². The second-order valence-corrected chi connectivity index (χ2v) is 8.32. The number of benzene rings is 2. The number of nitrogens with zero attached hydrogens (tertiary/aromatic N) is 1. The molecule has 10 heteroatoms. The second-order valence-electron chi connectivity index (χ2n) is 7.32. The van der Waals surface area contributed by atoms with Gasteiger partial charge in [-0.2, -0.15) is 13.2 Å². The summed E-state index contributed by atoms with van der Waals surface area (Å²) in [5.41, 5.74) is 1.55. The highest BCUT2D eigenvalue weighted by molar-refractivity contribution is 7.17. The Morgan fingerprint density at radius 1 is 1.03 bits per heavy atom. The molecule has 2 N–H and O–H groups in total. The monoisotopic (exact) mass is 485 g/mol. The van der Waals surface area contributed by atoms with E-state index in [2.05, 4.69) is 15.6 Å². The van der Waals surface area contributed by atoms with E-state index in [1.807, 2.05) is 0 Å². The van der Waals surface area contributed by atoms with Gasteiger partial charge in [0.15, 0.2) is 5.76 Å². The number of carbonyl (C=O) groups excluding carboxylic acids is 2. The minimum atomic E-state index is -4.42. The molecule has 0 fully saturated rings. The number of halogens is 3. The second kappa shape index (κ2) is 9.52. The molecule has 0 spiro atoms. The van der Waals surface area contributed by atoms with Crippen molar-refractivity contribution in [1.29, 1.82) is 0 Å². The van der Waals surface area contributed by atoms with Gasteiger partial charge in [-0.15, -0.1) is 11.3 Å². The fourth-order valence-corrected chi connectivity index (χ4v) is 4.14. The summed E-state index contributed by atoms with van der Waals surface area (Å²) in [6.07, 6.45) is -3.01. The van der Waals surface area contributed by atoms with Crippen LogP contribution in [0.5, 0.6) is 0 Å². The number of furan rings is 1. The topological polar surface area (TPSA) is 84.2 Å². The maximum atomic E-state index is 12.8. The Morgan fingerprint density at radius 3 is 2.47 bits per heavy atom. The Balaban J connectivity index is 1.41. The van der Waals surface area contributed by atoms with Gasteiger partial charge in [-0.25, -0.2) is 4.98 Å². The van der Waals surface area contributed by atoms with Gasteiger partial charge < -0.3 is 15.1 Å². The molecule has 2 heterocycles. The van der Waals surface area contributed by atoms with E-state index in [1.165, 1.54) is 18.4 Å². The molecule has 4 rings (SSSR count). The van der Waals surface area contributed by atoms with Crippen molar-refractivity contribution in [3.8, 4) is 10.6 Å². The van der Waals surface area contributed by atoms with Crippen molar-refractivity contribution in [3.05, 3.63) is 94.4 Å². The molecule has 4 aromatic rings. The third kappa shape index (κ3) is 5.34. The Kier molecular flexibility index (Phi) is 6.51. The molecule has 0 aliphatic rings. The normalized spacial score (nSPS) is 11.3. The summed E-state index contributed by atoms with van der Waals surface area (Å²) in [4.78, 5) is 29.6. The van der Waals surface area contributed by atoms with Crippen molar-refractivity contribution >= 4 is 28.8 Å². The molecule has 2 aromatic heterocycles. The van der Waals surface area contributed by atoms with Crippen molar-refractivity contribution in [2.45, 2.75) is 19.6 Å². The summed E-state index contributed by atoms with van der Waals surface area (Å²) in [6, 6.07) is 14.8. The van der Waals surface area contributed by atoms with Crippen LogP contribution < -0.4 is 10.6 Å². The number of aryl methyl sites for hydroxylation is 1. The zero-order valence-corrected chi connectivity index (χ0v) is 18.6. The zero-order chi connectivity index (χ0) is 24.3. The number of nitrogens with one attached hydrogen (secondary N) is 2. The largest absolute Gasteiger partial charge is 0.459 e. The third-order valence-corrected chi connectivity index (χ3v) is 6.05. The van der Waals surface area contributed by atoms with Crippen LogP contribution in [0, 0.1) is 6.92 Å². The first-order valence-electron chi connectivity index (χ1n) is 10.1. The van der Waals surface area contributed by atoms with Crippen LogP contribution >= 0.6 is 11.3 Å². The van der Waals surface area contributed by atoms with Crippen molar-refractivity contribution in [2.75, 3.05) is 5.32 Å². The van der Waals surface area contributed by atoms with E-state index >= 15 is 0 Å². The lowest BCUT2D eigenvalue weighted by Crippen LogP contribution is -2.22. The molecule has 0 bridgehead atoms. The van der Waals surface area contributed by atoms with E-state index in [9.17, 15) is 22.8 Å². The molecule has 34 heavy (non-hydrogen) atoms. The maximum Gasteiger partial charge on any atom is 0.416 e. The number of thiazole rings is 1. The standard InChI is InChI=1S/C24H18F3N3O3S/c1-14-20(34-23(29-14)16-7-9-17(10-8-16)24(25,26)27)22(32)28-13-15-4-2-5-18(12-15)30-21(31)19-6-3-11-33-19/h2-12H,13H2,1H3,(H,28,32)(H,30,31). The lowest BCUT2D eigenvalue weighted by molar-refractivity contribution is -0.137. The molecule has 2 aromatic carbocycles. The van der Waals surface area contributed by atoms with E-state index in [4.69, 9.17) is 4.42 Å². The quantitative estimate of drug-likeness (QED) is 0.356. The van der Waals surface area contributed by atoms with Gasteiger partial charge in [0.05, 0.1) is 17.5 Å². The van der Waals surface area contributed by atoms with Crippen LogP contribution in [0.3, 0.4) is 0 Å². The van der Waals surface area contributed by atoms with Gasteiger partial charge in [0.25, 0.3) is 11.8 Å². The number of carbonyl (C=O) groups is 2. The third-order valence-electron chi connectivity index (χ3n) is 4.84. The summed E-state index contributed by atoms with van der Waals surface area (Å²) in [7, 11) is 0. The molecule has 174 valence electrons. The van der Waals surface area contributed by atoms with Crippen LogP contribution in [0.4, 0.5) is 18.9 Å². The van der Waals surface area contributed by atoms with Crippen LogP contribution in [-0.2, 0) is 12.7 Å². The van der Waals surface area contributed by atoms with Crippen LogP contribution in [0.2, 0.25) is 0 Å². The molecule has 2 amide bonds. The lowest BCUT2D eigenvalue weighted by atomic mass is 10.1. The van der Waals surface area contributed by atoms with Gasteiger partial charge >= 0.3 is 6.18 Å². The predicted octanol–water partition coefficient (Wildman–Crippen LogP) is 5.91. The van der Waals surface area contributed by atoms with Crippen molar-refractivity contribution in [2.24, 2.45) is 0 Å². The van der Waals surface area contributed by atoms with E-state index in [0.29, 0.717) is 26.8 Å². The molecule has 0 aliphatic carbocycles. The van der Waals surface area contributed by atoms with E-state index in [0.717, 1.165) is 29.0 Å². The minimum Gasteiger partial charge on any atom is -0.459 e. The summed E-state index contributed by atoms with van der Waals surface area (Å²) < 4.78 is 43.4. The predicted molar refractivity (Wildman–Crippen MR) is 122 cm³/mol. The molecule has 0 saturated carbocycles. The molecular weight excluding hydrogens is 467 g/mol. The molecule has 0 atom stereocenters. The summed E-state index contributed by atoms with van der Waals surface area (Å²) in [5.74, 6) is -0.552. The van der Waals surface area contributed by atoms with Gasteiger partial charge in [0.1, 0.15) is 9.88 Å². The summed E-state index contributed by atoms with van der Waals surface area (Å²) in [5, 5.41) is 5.99. The van der Waals surface area contributed by atoms with E-state index < -0.39 is 11.7 Å². The lowest BCUT2D eigenvalue weighted by Gasteiger charge is -2.08. The highest BCUT2D eigenvalue weighted by Gasteiger charge is 2.30. The average Bonchev–Trinajstić information content (AvgIpc) is 3.47. The van der Waals surface area contributed by atoms with Crippen LogP contribution in [0.25, 0.3) is 10.6 Å². The summed E-state index contributed by atoms with van der Waals surface area (Å²) >= 11 is 1.11. The number of anilines is 1. The molecule has 0 saturated heterocycles. The summed E-state index contributed by atoms with van der Waals surface area (Å²) in [6.45, 7) is 1.88. The van der Waals surface area contributed by atoms with Gasteiger partial charge in [-0.3, -0.25) is 9.59 Å². The first kappa shape index (κ1) is 23.2. The fourth-order valence-electron chi connectivity index (χ4n) is 3.15. The smallest absolute Gasteiger partial charge is 0.416 e. The highest BCUT2D eigenvalue weighted by atomic mass is 32.1. The van der Waals surface area contributed by atoms with Gasteiger partial charge in [-0.05, 0) is 48.9 Å². The number of amides is 2. The molecule has 6 nitrogen and oxygen atoms in total. The minimum absolute atomic E-state index is 0.184. The number of hydrogen-bond acceptors (Lipinski definition) is 5. The first-order chi connectivity index (χ1) is 16.2. The van der Waals surface area contributed by atoms with E-state index in [1.54, 1.807) is 43.3 Å².